The summed E-state index contributed by atoms with van der Waals surface area (Å²) in [5.41, 5.74) is 1.33. The van der Waals surface area contributed by atoms with Gasteiger partial charge < -0.3 is 9.15 Å². The molecule has 0 radical (unpaired) electrons. The monoisotopic (exact) mass is 194 g/mol. The third kappa shape index (κ3) is 1.51. The second kappa shape index (κ2) is 3.80. The lowest BCUT2D eigenvalue weighted by atomic mass is 10.2. The molecule has 74 valence electrons. The summed E-state index contributed by atoms with van der Waals surface area (Å²) in [4.78, 5) is 0. The van der Waals surface area contributed by atoms with Crippen molar-refractivity contribution in [1.29, 1.82) is 0 Å². The summed E-state index contributed by atoms with van der Waals surface area (Å²) in [6.45, 7) is 2.91. The van der Waals surface area contributed by atoms with Gasteiger partial charge in [-0.3, -0.25) is 0 Å². The number of fused-ring (bicyclic) bond motifs is 1. The molecule has 0 spiro atoms. The van der Waals surface area contributed by atoms with E-state index in [9.17, 15) is 4.39 Å². The topological polar surface area (TPSA) is 22.4 Å². The first kappa shape index (κ1) is 9.21. The van der Waals surface area contributed by atoms with Crippen molar-refractivity contribution in [3.05, 3.63) is 35.8 Å². The summed E-state index contributed by atoms with van der Waals surface area (Å²) in [6, 6.07) is 4.80. The van der Waals surface area contributed by atoms with Crippen molar-refractivity contribution in [2.45, 2.75) is 13.5 Å². The molecule has 0 fully saturated rings. The minimum atomic E-state index is -0.258. The SMILES string of the molecule is CCOCc1coc2cccc(F)c12. The number of hydrogen-bond acceptors (Lipinski definition) is 2. The van der Waals surface area contributed by atoms with Crippen molar-refractivity contribution in [3.63, 3.8) is 0 Å². The van der Waals surface area contributed by atoms with Crippen LogP contribution < -0.4 is 0 Å². The fourth-order valence-corrected chi connectivity index (χ4v) is 1.43. The Kier molecular flexibility index (Phi) is 2.50. The zero-order chi connectivity index (χ0) is 9.97. The fourth-order valence-electron chi connectivity index (χ4n) is 1.43. The molecule has 14 heavy (non-hydrogen) atoms. The van der Waals surface area contributed by atoms with Gasteiger partial charge in [0.05, 0.1) is 18.3 Å². The Morgan fingerprint density at radius 2 is 2.29 bits per heavy atom. The molecule has 0 saturated carbocycles. The summed E-state index contributed by atoms with van der Waals surface area (Å²) in [5, 5.41) is 0.529. The molecule has 0 aliphatic heterocycles. The Labute approximate surface area is 81.3 Å². The van der Waals surface area contributed by atoms with E-state index in [4.69, 9.17) is 9.15 Å². The van der Waals surface area contributed by atoms with E-state index in [1.807, 2.05) is 6.92 Å². The van der Waals surface area contributed by atoms with Gasteiger partial charge in [0, 0.05) is 12.2 Å². The molecule has 0 amide bonds. The number of benzene rings is 1. The zero-order valence-electron chi connectivity index (χ0n) is 7.92. The molecule has 3 heteroatoms. The highest BCUT2D eigenvalue weighted by Gasteiger charge is 2.09. The third-order valence-electron chi connectivity index (χ3n) is 2.09. The summed E-state index contributed by atoms with van der Waals surface area (Å²) < 4.78 is 23.8. The first-order chi connectivity index (χ1) is 6.83. The van der Waals surface area contributed by atoms with E-state index in [1.165, 1.54) is 6.07 Å². The van der Waals surface area contributed by atoms with Gasteiger partial charge in [-0.2, -0.15) is 0 Å². The van der Waals surface area contributed by atoms with Gasteiger partial charge >= 0.3 is 0 Å². The Morgan fingerprint density at radius 1 is 1.43 bits per heavy atom. The van der Waals surface area contributed by atoms with Gasteiger partial charge in [-0.1, -0.05) is 6.07 Å². The molecule has 0 bridgehead atoms. The molecule has 0 N–H and O–H groups in total. The lowest BCUT2D eigenvalue weighted by Crippen LogP contribution is -1.91. The van der Waals surface area contributed by atoms with E-state index in [-0.39, 0.29) is 5.82 Å². The largest absolute Gasteiger partial charge is 0.464 e. The normalized spacial score (nSPS) is 11.0. The molecule has 1 aromatic carbocycles. The van der Waals surface area contributed by atoms with Gasteiger partial charge in [-0.05, 0) is 19.1 Å². The van der Waals surface area contributed by atoms with Gasteiger partial charge in [-0.15, -0.1) is 0 Å². The molecule has 0 aliphatic carbocycles. The maximum absolute atomic E-state index is 13.4. The zero-order valence-corrected chi connectivity index (χ0v) is 7.92. The number of hydrogen-bond donors (Lipinski definition) is 0. The van der Waals surface area contributed by atoms with Crippen LogP contribution in [-0.2, 0) is 11.3 Å². The van der Waals surface area contributed by atoms with Crippen LogP contribution in [0.25, 0.3) is 11.0 Å². The average molecular weight is 194 g/mol. The van der Waals surface area contributed by atoms with Gasteiger partial charge in [-0.25, -0.2) is 4.39 Å². The van der Waals surface area contributed by atoms with Crippen LogP contribution in [0.15, 0.2) is 28.9 Å². The van der Waals surface area contributed by atoms with Crippen LogP contribution in [-0.4, -0.2) is 6.61 Å². The molecular weight excluding hydrogens is 183 g/mol. The number of ether oxygens (including phenoxy) is 1. The van der Waals surface area contributed by atoms with Crippen LogP contribution in [0.1, 0.15) is 12.5 Å². The van der Waals surface area contributed by atoms with Crippen molar-refractivity contribution in [3.8, 4) is 0 Å². The number of halogens is 1. The van der Waals surface area contributed by atoms with Crippen LogP contribution in [0.2, 0.25) is 0 Å². The molecule has 0 atom stereocenters. The standard InChI is InChI=1S/C11H11FO2/c1-2-13-6-8-7-14-10-5-3-4-9(12)11(8)10/h3-5,7H,2,6H2,1H3. The van der Waals surface area contributed by atoms with E-state index in [0.29, 0.717) is 24.2 Å². The van der Waals surface area contributed by atoms with Crippen molar-refractivity contribution in [1.82, 2.24) is 0 Å². The molecule has 2 nitrogen and oxygen atoms in total. The summed E-state index contributed by atoms with van der Waals surface area (Å²) in [5.74, 6) is -0.258. The summed E-state index contributed by atoms with van der Waals surface area (Å²) in [7, 11) is 0. The highest BCUT2D eigenvalue weighted by atomic mass is 19.1. The quantitative estimate of drug-likeness (QED) is 0.749. The molecule has 1 aromatic heterocycles. The molecule has 1 heterocycles. The minimum absolute atomic E-state index is 0.258. The molecule has 0 unspecified atom stereocenters. The first-order valence-corrected chi connectivity index (χ1v) is 4.55. The van der Waals surface area contributed by atoms with E-state index < -0.39 is 0 Å². The summed E-state index contributed by atoms with van der Waals surface area (Å²) >= 11 is 0. The molecule has 0 saturated heterocycles. The van der Waals surface area contributed by atoms with Crippen LogP contribution >= 0.6 is 0 Å². The summed E-state index contributed by atoms with van der Waals surface area (Å²) in [6.07, 6.45) is 1.55. The van der Waals surface area contributed by atoms with E-state index in [1.54, 1.807) is 18.4 Å². The minimum Gasteiger partial charge on any atom is -0.464 e. The molecule has 2 aromatic rings. The number of rotatable bonds is 3. The van der Waals surface area contributed by atoms with Crippen LogP contribution in [0.3, 0.4) is 0 Å². The van der Waals surface area contributed by atoms with Crippen LogP contribution in [0.5, 0.6) is 0 Å². The fraction of sp³-hybridized carbons (Fsp3) is 0.273. The second-order valence-corrected chi connectivity index (χ2v) is 3.01. The Morgan fingerprint density at radius 3 is 3.07 bits per heavy atom. The third-order valence-corrected chi connectivity index (χ3v) is 2.09. The first-order valence-electron chi connectivity index (χ1n) is 4.55. The van der Waals surface area contributed by atoms with Crippen LogP contribution in [0.4, 0.5) is 4.39 Å². The van der Waals surface area contributed by atoms with E-state index >= 15 is 0 Å². The Hall–Kier alpha value is -1.35. The highest BCUT2D eigenvalue weighted by molar-refractivity contribution is 5.81. The average Bonchev–Trinajstić information content (AvgIpc) is 2.59. The predicted octanol–water partition coefficient (Wildman–Crippen LogP) is 3.11. The maximum Gasteiger partial charge on any atom is 0.137 e. The van der Waals surface area contributed by atoms with Crippen molar-refractivity contribution >= 4 is 11.0 Å². The van der Waals surface area contributed by atoms with Crippen molar-refractivity contribution in [2.75, 3.05) is 6.61 Å². The second-order valence-electron chi connectivity index (χ2n) is 3.01. The number of furan rings is 1. The predicted molar refractivity (Wildman–Crippen MR) is 51.5 cm³/mol. The maximum atomic E-state index is 13.4. The smallest absolute Gasteiger partial charge is 0.137 e. The highest BCUT2D eigenvalue weighted by Crippen LogP contribution is 2.24. The van der Waals surface area contributed by atoms with Gasteiger partial charge in [0.2, 0.25) is 0 Å². The molecule has 0 aliphatic rings. The Balaban J connectivity index is 2.45. The lowest BCUT2D eigenvalue weighted by molar-refractivity contribution is 0.134. The van der Waals surface area contributed by atoms with E-state index in [0.717, 1.165) is 5.56 Å². The van der Waals surface area contributed by atoms with Gasteiger partial charge in [0.1, 0.15) is 11.4 Å². The van der Waals surface area contributed by atoms with Gasteiger partial charge in [0.15, 0.2) is 0 Å². The lowest BCUT2D eigenvalue weighted by Gasteiger charge is -1.98. The molecule has 2 rings (SSSR count). The van der Waals surface area contributed by atoms with E-state index in [2.05, 4.69) is 0 Å². The Bertz CT molecular complexity index is 434. The molecular formula is C11H11FO2. The van der Waals surface area contributed by atoms with Crippen molar-refractivity contribution < 1.29 is 13.5 Å². The van der Waals surface area contributed by atoms with Crippen LogP contribution in [0, 0.1) is 5.82 Å². The van der Waals surface area contributed by atoms with Crippen molar-refractivity contribution in [2.24, 2.45) is 0 Å². The van der Waals surface area contributed by atoms with Gasteiger partial charge in [0.25, 0.3) is 0 Å².